The number of H-pyrrole nitrogens is 1. The van der Waals surface area contributed by atoms with Gasteiger partial charge >= 0.3 is 0 Å². The quantitative estimate of drug-likeness (QED) is 0.754. The Balaban J connectivity index is 1.42. The van der Waals surface area contributed by atoms with Gasteiger partial charge in [-0.05, 0) is 24.5 Å². The lowest BCUT2D eigenvalue weighted by Crippen LogP contribution is -2.32. The van der Waals surface area contributed by atoms with E-state index in [1.807, 2.05) is 42.5 Å². The summed E-state index contributed by atoms with van der Waals surface area (Å²) >= 11 is 1.31. The summed E-state index contributed by atoms with van der Waals surface area (Å²) in [6.45, 7) is 1.38. The van der Waals surface area contributed by atoms with Gasteiger partial charge in [0.25, 0.3) is 0 Å². The molecule has 6 nitrogen and oxygen atoms in total. The Morgan fingerprint density at radius 1 is 1.38 bits per heavy atom. The molecule has 0 saturated carbocycles. The van der Waals surface area contributed by atoms with Crippen LogP contribution in [0.4, 0.5) is 0 Å². The summed E-state index contributed by atoms with van der Waals surface area (Å²) in [5.74, 6) is 0.940. The van der Waals surface area contributed by atoms with Gasteiger partial charge in [0.15, 0.2) is 0 Å². The second kappa shape index (κ2) is 8.65. The Morgan fingerprint density at radius 2 is 2.25 bits per heavy atom. The largest absolute Gasteiger partial charge is 0.376 e. The van der Waals surface area contributed by atoms with E-state index in [-0.39, 0.29) is 12.0 Å². The molecular weight excluding hydrogens is 324 g/mol. The summed E-state index contributed by atoms with van der Waals surface area (Å²) in [6.07, 6.45) is 6.09. The molecule has 1 aromatic heterocycles. The molecule has 2 N–H and O–H groups in total. The second-order valence-electron chi connectivity index (χ2n) is 5.48. The molecule has 0 radical (unpaired) electrons. The lowest BCUT2D eigenvalue weighted by molar-refractivity contribution is -0.119. The molecule has 1 atom stereocenters. The fraction of sp³-hybridized carbons (Fsp3) is 0.353. The molecule has 0 bridgehead atoms. The number of nitrogens with zero attached hydrogens (tertiary/aromatic N) is 2. The van der Waals surface area contributed by atoms with E-state index in [1.165, 1.54) is 11.8 Å². The molecule has 0 aliphatic carbocycles. The molecule has 1 fully saturated rings. The first-order valence-corrected chi connectivity index (χ1v) is 8.95. The van der Waals surface area contributed by atoms with Crippen molar-refractivity contribution in [3.8, 4) is 0 Å². The average molecular weight is 344 g/mol. The van der Waals surface area contributed by atoms with Crippen molar-refractivity contribution in [1.29, 1.82) is 0 Å². The summed E-state index contributed by atoms with van der Waals surface area (Å²) in [7, 11) is 0. The SMILES string of the molecule is O=C(CSc1n[nH]c(/C=C/c2ccccc2)n1)NCC1CCCO1. The lowest BCUT2D eigenvalue weighted by atomic mass is 10.2. The molecule has 1 aliphatic heterocycles. The molecule has 3 rings (SSSR count). The predicted molar refractivity (Wildman–Crippen MR) is 94.5 cm³/mol. The van der Waals surface area contributed by atoms with Gasteiger partial charge in [-0.2, -0.15) is 0 Å². The van der Waals surface area contributed by atoms with Crippen molar-refractivity contribution in [1.82, 2.24) is 20.5 Å². The third kappa shape index (κ3) is 5.21. The van der Waals surface area contributed by atoms with E-state index in [2.05, 4.69) is 20.5 Å². The molecule has 1 amide bonds. The number of nitrogens with one attached hydrogen (secondary N) is 2. The number of ether oxygens (including phenoxy) is 1. The fourth-order valence-electron chi connectivity index (χ4n) is 2.35. The number of hydrogen-bond acceptors (Lipinski definition) is 5. The molecule has 1 aliphatic rings. The first kappa shape index (κ1) is 16.7. The van der Waals surface area contributed by atoms with Crippen LogP contribution in [0, 0.1) is 0 Å². The van der Waals surface area contributed by atoms with Gasteiger partial charge in [0.2, 0.25) is 11.1 Å². The van der Waals surface area contributed by atoms with Crippen molar-refractivity contribution in [2.45, 2.75) is 24.1 Å². The number of hydrogen-bond donors (Lipinski definition) is 2. The highest BCUT2D eigenvalue weighted by Gasteiger charge is 2.16. The van der Waals surface area contributed by atoms with E-state index in [4.69, 9.17) is 4.74 Å². The summed E-state index contributed by atoms with van der Waals surface area (Å²) in [4.78, 5) is 16.2. The van der Waals surface area contributed by atoms with E-state index < -0.39 is 0 Å². The van der Waals surface area contributed by atoms with Crippen LogP contribution < -0.4 is 5.32 Å². The number of benzene rings is 1. The normalized spacial score (nSPS) is 17.4. The number of carbonyl (C=O) groups excluding carboxylic acids is 1. The Kier molecular flexibility index (Phi) is 6.03. The minimum Gasteiger partial charge on any atom is -0.376 e. The summed E-state index contributed by atoms with van der Waals surface area (Å²) < 4.78 is 5.47. The van der Waals surface area contributed by atoms with Crippen LogP contribution in [0.3, 0.4) is 0 Å². The molecule has 2 heterocycles. The van der Waals surface area contributed by atoms with Crippen LogP contribution >= 0.6 is 11.8 Å². The van der Waals surface area contributed by atoms with Gasteiger partial charge in [-0.15, -0.1) is 5.10 Å². The summed E-state index contributed by atoms with van der Waals surface area (Å²) in [6, 6.07) is 9.97. The van der Waals surface area contributed by atoms with Crippen LogP contribution in [0.15, 0.2) is 35.5 Å². The molecule has 1 aromatic carbocycles. The summed E-state index contributed by atoms with van der Waals surface area (Å²) in [5, 5.41) is 10.4. The number of carbonyl (C=O) groups is 1. The Hall–Kier alpha value is -2.12. The third-order valence-electron chi connectivity index (χ3n) is 3.60. The van der Waals surface area contributed by atoms with E-state index in [1.54, 1.807) is 0 Å². The van der Waals surface area contributed by atoms with Crippen molar-refractivity contribution >= 4 is 29.8 Å². The van der Waals surface area contributed by atoms with Crippen LogP contribution in [0.25, 0.3) is 12.2 Å². The maximum Gasteiger partial charge on any atom is 0.230 e. The van der Waals surface area contributed by atoms with Gasteiger partial charge < -0.3 is 10.1 Å². The minimum atomic E-state index is -0.0262. The maximum absolute atomic E-state index is 11.8. The Bertz CT molecular complexity index is 681. The molecule has 0 spiro atoms. The van der Waals surface area contributed by atoms with Crippen LogP contribution in [-0.4, -0.2) is 46.1 Å². The molecule has 2 aromatic rings. The van der Waals surface area contributed by atoms with Crippen LogP contribution in [0.2, 0.25) is 0 Å². The van der Waals surface area contributed by atoms with Crippen LogP contribution in [-0.2, 0) is 9.53 Å². The molecule has 24 heavy (non-hydrogen) atoms. The standard InChI is InChI=1S/C17H20N4O2S/c22-16(18-11-14-7-4-10-23-14)12-24-17-19-15(20-21-17)9-8-13-5-2-1-3-6-13/h1-3,5-6,8-9,14H,4,7,10-12H2,(H,18,22)(H,19,20,21)/b9-8+. The zero-order valence-electron chi connectivity index (χ0n) is 13.3. The monoisotopic (exact) mass is 344 g/mol. The van der Waals surface area contributed by atoms with Gasteiger partial charge in [-0.25, -0.2) is 4.98 Å². The summed E-state index contributed by atoms with van der Waals surface area (Å²) in [5.41, 5.74) is 1.09. The minimum absolute atomic E-state index is 0.0262. The zero-order valence-corrected chi connectivity index (χ0v) is 14.1. The van der Waals surface area contributed by atoms with E-state index >= 15 is 0 Å². The van der Waals surface area contributed by atoms with Crippen molar-refractivity contribution in [2.75, 3.05) is 18.9 Å². The van der Waals surface area contributed by atoms with Gasteiger partial charge in [-0.1, -0.05) is 48.2 Å². The number of amides is 1. The van der Waals surface area contributed by atoms with E-state index in [9.17, 15) is 4.79 Å². The third-order valence-corrected chi connectivity index (χ3v) is 4.45. The van der Waals surface area contributed by atoms with Gasteiger partial charge in [0, 0.05) is 13.2 Å². The highest BCUT2D eigenvalue weighted by Crippen LogP contribution is 2.14. The molecule has 126 valence electrons. The van der Waals surface area contributed by atoms with Crippen LogP contribution in [0.5, 0.6) is 0 Å². The zero-order chi connectivity index (χ0) is 16.6. The highest BCUT2D eigenvalue weighted by molar-refractivity contribution is 7.99. The molecule has 7 heteroatoms. The molecule has 1 unspecified atom stereocenters. The van der Waals surface area contributed by atoms with Crippen molar-refractivity contribution in [3.05, 3.63) is 41.7 Å². The first-order chi connectivity index (χ1) is 11.8. The number of rotatable bonds is 7. The average Bonchev–Trinajstić information content (AvgIpc) is 3.29. The second-order valence-corrected chi connectivity index (χ2v) is 6.42. The number of thioether (sulfide) groups is 1. The van der Waals surface area contributed by atoms with Gasteiger partial charge in [0.05, 0.1) is 11.9 Å². The van der Waals surface area contributed by atoms with Crippen molar-refractivity contribution < 1.29 is 9.53 Å². The highest BCUT2D eigenvalue weighted by atomic mass is 32.2. The van der Waals surface area contributed by atoms with Crippen molar-refractivity contribution in [3.63, 3.8) is 0 Å². The van der Waals surface area contributed by atoms with Gasteiger partial charge in [-0.3, -0.25) is 9.89 Å². The lowest BCUT2D eigenvalue weighted by Gasteiger charge is -2.09. The maximum atomic E-state index is 11.8. The molecule has 1 saturated heterocycles. The van der Waals surface area contributed by atoms with E-state index in [0.29, 0.717) is 23.3 Å². The number of aromatic nitrogens is 3. The Morgan fingerprint density at radius 3 is 3.04 bits per heavy atom. The molecular formula is C17H20N4O2S. The smallest absolute Gasteiger partial charge is 0.230 e. The Labute approximate surface area is 145 Å². The van der Waals surface area contributed by atoms with Crippen molar-refractivity contribution in [2.24, 2.45) is 0 Å². The van der Waals surface area contributed by atoms with Crippen LogP contribution in [0.1, 0.15) is 24.2 Å². The van der Waals surface area contributed by atoms with E-state index in [0.717, 1.165) is 25.0 Å². The topological polar surface area (TPSA) is 79.9 Å². The predicted octanol–water partition coefficient (Wildman–Crippen LogP) is 2.36. The van der Waals surface area contributed by atoms with Gasteiger partial charge in [0.1, 0.15) is 5.82 Å². The number of aromatic amines is 1. The fourth-order valence-corrected chi connectivity index (χ4v) is 2.99. The first-order valence-electron chi connectivity index (χ1n) is 7.96.